The smallest absolute Gasteiger partial charge is 0.132 e. The van der Waals surface area contributed by atoms with Crippen LogP contribution >= 0.6 is 0 Å². The molecule has 0 saturated heterocycles. The summed E-state index contributed by atoms with van der Waals surface area (Å²) in [5.41, 5.74) is 2.14. The lowest BCUT2D eigenvalue weighted by atomic mass is 10.1. The Hall–Kier alpha value is -1.61. The molecule has 1 N–H and O–H groups in total. The third-order valence-electron chi connectivity index (χ3n) is 2.61. The highest BCUT2D eigenvalue weighted by atomic mass is 16.5. The number of anilines is 1. The van der Waals surface area contributed by atoms with Crippen LogP contribution in [0.25, 0.3) is 10.9 Å². The minimum Gasteiger partial charge on any atom is -0.377 e. The highest BCUT2D eigenvalue weighted by Gasteiger charge is 2.05. The number of rotatable bonds is 5. The highest BCUT2D eigenvalue weighted by molar-refractivity contribution is 5.81. The summed E-state index contributed by atoms with van der Waals surface area (Å²) in [5, 5.41) is 4.44. The van der Waals surface area contributed by atoms with Gasteiger partial charge in [0, 0.05) is 24.1 Å². The molecule has 3 nitrogen and oxygen atoms in total. The number of fused-ring (bicyclic) bond motifs is 1. The quantitative estimate of drug-likeness (QED) is 0.856. The second kappa shape index (κ2) is 5.64. The standard InChI is InChI=1S/C14H18N2O/c1-3-15-14-12(10-17-4-2)9-11-7-5-6-8-13(11)16-14/h5-9H,3-4,10H2,1-2H3,(H,15,16). The largest absolute Gasteiger partial charge is 0.377 e. The molecule has 0 radical (unpaired) electrons. The molecule has 0 fully saturated rings. The minimum atomic E-state index is 0.608. The first-order valence-corrected chi connectivity index (χ1v) is 6.05. The minimum absolute atomic E-state index is 0.608. The Labute approximate surface area is 102 Å². The van der Waals surface area contributed by atoms with Crippen LogP contribution in [0.3, 0.4) is 0 Å². The molecule has 1 heterocycles. The van der Waals surface area contributed by atoms with Crippen LogP contribution in [-0.2, 0) is 11.3 Å². The van der Waals surface area contributed by atoms with Crippen molar-refractivity contribution < 1.29 is 4.74 Å². The fourth-order valence-electron chi connectivity index (χ4n) is 1.80. The summed E-state index contributed by atoms with van der Waals surface area (Å²) in [6.07, 6.45) is 0. The zero-order valence-corrected chi connectivity index (χ0v) is 10.4. The van der Waals surface area contributed by atoms with Gasteiger partial charge in [0.25, 0.3) is 0 Å². The van der Waals surface area contributed by atoms with Gasteiger partial charge < -0.3 is 10.1 Å². The van der Waals surface area contributed by atoms with E-state index in [4.69, 9.17) is 4.74 Å². The van der Waals surface area contributed by atoms with Gasteiger partial charge in [-0.15, -0.1) is 0 Å². The third kappa shape index (κ3) is 2.74. The van der Waals surface area contributed by atoms with Crippen LogP contribution in [0.4, 0.5) is 5.82 Å². The van der Waals surface area contributed by atoms with Crippen molar-refractivity contribution in [1.29, 1.82) is 0 Å². The first-order valence-electron chi connectivity index (χ1n) is 6.05. The molecule has 0 unspecified atom stereocenters. The molecule has 0 atom stereocenters. The van der Waals surface area contributed by atoms with Crippen molar-refractivity contribution in [3.8, 4) is 0 Å². The average molecular weight is 230 g/mol. The van der Waals surface area contributed by atoms with Crippen LogP contribution < -0.4 is 5.32 Å². The zero-order valence-electron chi connectivity index (χ0n) is 10.4. The predicted molar refractivity (Wildman–Crippen MR) is 71.2 cm³/mol. The van der Waals surface area contributed by atoms with E-state index in [2.05, 4.69) is 29.4 Å². The maximum absolute atomic E-state index is 5.48. The molecule has 0 spiro atoms. The van der Waals surface area contributed by atoms with Gasteiger partial charge in [-0.25, -0.2) is 4.98 Å². The molecule has 0 aliphatic carbocycles. The van der Waals surface area contributed by atoms with Gasteiger partial charge >= 0.3 is 0 Å². The molecule has 2 aromatic rings. The molecule has 0 amide bonds. The first kappa shape index (κ1) is 11.9. The second-order valence-electron chi connectivity index (χ2n) is 3.86. The van der Waals surface area contributed by atoms with Crippen molar-refractivity contribution in [3.63, 3.8) is 0 Å². The molecule has 3 heteroatoms. The predicted octanol–water partition coefficient (Wildman–Crippen LogP) is 3.20. The third-order valence-corrected chi connectivity index (χ3v) is 2.61. The van der Waals surface area contributed by atoms with Crippen molar-refractivity contribution in [1.82, 2.24) is 4.98 Å². The van der Waals surface area contributed by atoms with Crippen LogP contribution in [0.15, 0.2) is 30.3 Å². The Balaban J connectivity index is 2.42. The van der Waals surface area contributed by atoms with Crippen molar-refractivity contribution in [2.45, 2.75) is 20.5 Å². The molecular formula is C14H18N2O. The van der Waals surface area contributed by atoms with Gasteiger partial charge in [-0.05, 0) is 26.0 Å². The van der Waals surface area contributed by atoms with Crippen LogP contribution in [0.2, 0.25) is 0 Å². The van der Waals surface area contributed by atoms with E-state index in [9.17, 15) is 0 Å². The number of hydrogen-bond acceptors (Lipinski definition) is 3. The molecule has 0 bridgehead atoms. The summed E-state index contributed by atoms with van der Waals surface area (Å²) in [4.78, 5) is 4.63. The van der Waals surface area contributed by atoms with E-state index in [1.807, 2.05) is 25.1 Å². The Morgan fingerprint density at radius 3 is 2.82 bits per heavy atom. The summed E-state index contributed by atoms with van der Waals surface area (Å²) in [5.74, 6) is 0.930. The van der Waals surface area contributed by atoms with E-state index in [1.54, 1.807) is 0 Å². The van der Waals surface area contributed by atoms with Crippen LogP contribution in [0.5, 0.6) is 0 Å². The molecule has 0 aliphatic heterocycles. The Morgan fingerprint density at radius 1 is 1.24 bits per heavy atom. The van der Waals surface area contributed by atoms with Crippen molar-refractivity contribution in [2.24, 2.45) is 0 Å². The van der Waals surface area contributed by atoms with Gasteiger partial charge in [0.05, 0.1) is 12.1 Å². The first-order chi connectivity index (χ1) is 8.35. The molecule has 1 aromatic heterocycles. The fraction of sp³-hybridized carbons (Fsp3) is 0.357. The highest BCUT2D eigenvalue weighted by Crippen LogP contribution is 2.21. The van der Waals surface area contributed by atoms with Gasteiger partial charge in [-0.3, -0.25) is 0 Å². The zero-order chi connectivity index (χ0) is 12.1. The number of para-hydroxylation sites is 1. The Morgan fingerprint density at radius 2 is 2.06 bits per heavy atom. The number of aromatic nitrogens is 1. The molecule has 90 valence electrons. The lowest BCUT2D eigenvalue weighted by Crippen LogP contribution is -2.05. The summed E-state index contributed by atoms with van der Waals surface area (Å²) >= 11 is 0. The van der Waals surface area contributed by atoms with Gasteiger partial charge in [0.1, 0.15) is 5.82 Å². The lowest BCUT2D eigenvalue weighted by Gasteiger charge is -2.11. The fourth-order valence-corrected chi connectivity index (χ4v) is 1.80. The SMILES string of the molecule is CCNc1nc2ccccc2cc1COCC. The van der Waals surface area contributed by atoms with Crippen molar-refractivity contribution >= 4 is 16.7 Å². The molecule has 1 aromatic carbocycles. The van der Waals surface area contributed by atoms with E-state index >= 15 is 0 Å². The number of benzene rings is 1. The summed E-state index contributed by atoms with van der Waals surface area (Å²) in [6.45, 7) is 6.27. The average Bonchev–Trinajstić information content (AvgIpc) is 2.36. The van der Waals surface area contributed by atoms with Crippen LogP contribution in [0.1, 0.15) is 19.4 Å². The molecule has 0 aliphatic rings. The van der Waals surface area contributed by atoms with E-state index in [0.29, 0.717) is 6.61 Å². The van der Waals surface area contributed by atoms with E-state index in [1.165, 1.54) is 0 Å². The lowest BCUT2D eigenvalue weighted by molar-refractivity contribution is 0.134. The number of nitrogens with zero attached hydrogens (tertiary/aromatic N) is 1. The Bertz CT molecular complexity index is 497. The van der Waals surface area contributed by atoms with Crippen LogP contribution in [0, 0.1) is 0 Å². The maximum atomic E-state index is 5.48. The van der Waals surface area contributed by atoms with Gasteiger partial charge in [0.2, 0.25) is 0 Å². The van der Waals surface area contributed by atoms with Gasteiger partial charge in [-0.2, -0.15) is 0 Å². The molecule has 17 heavy (non-hydrogen) atoms. The monoisotopic (exact) mass is 230 g/mol. The second-order valence-corrected chi connectivity index (χ2v) is 3.86. The number of nitrogens with one attached hydrogen (secondary N) is 1. The summed E-state index contributed by atoms with van der Waals surface area (Å²) < 4.78 is 5.48. The van der Waals surface area contributed by atoms with E-state index in [-0.39, 0.29) is 0 Å². The molecule has 2 rings (SSSR count). The topological polar surface area (TPSA) is 34.2 Å². The maximum Gasteiger partial charge on any atom is 0.132 e. The Kier molecular flexibility index (Phi) is 3.94. The summed E-state index contributed by atoms with van der Waals surface area (Å²) in [6, 6.07) is 10.3. The molecule has 0 saturated carbocycles. The number of ether oxygens (including phenoxy) is 1. The van der Waals surface area contributed by atoms with Crippen molar-refractivity contribution in [3.05, 3.63) is 35.9 Å². The number of hydrogen-bond donors (Lipinski definition) is 1. The number of pyridine rings is 1. The van der Waals surface area contributed by atoms with Gasteiger partial charge in [-0.1, -0.05) is 18.2 Å². The normalized spacial score (nSPS) is 10.7. The van der Waals surface area contributed by atoms with Crippen LogP contribution in [-0.4, -0.2) is 18.1 Å². The van der Waals surface area contributed by atoms with E-state index in [0.717, 1.165) is 35.4 Å². The van der Waals surface area contributed by atoms with Crippen molar-refractivity contribution in [2.75, 3.05) is 18.5 Å². The molecular weight excluding hydrogens is 212 g/mol. The summed E-state index contributed by atoms with van der Waals surface area (Å²) in [7, 11) is 0. The van der Waals surface area contributed by atoms with Gasteiger partial charge in [0.15, 0.2) is 0 Å². The van der Waals surface area contributed by atoms with E-state index < -0.39 is 0 Å².